The summed E-state index contributed by atoms with van der Waals surface area (Å²) in [5.74, 6) is 0.785. The molecule has 0 radical (unpaired) electrons. The number of aromatic amines is 1. The second-order valence-electron chi connectivity index (χ2n) is 6.59. The van der Waals surface area contributed by atoms with Crippen LogP contribution in [0.1, 0.15) is 32.6 Å². The van der Waals surface area contributed by atoms with Gasteiger partial charge in [0.25, 0.3) is 15.8 Å². The fourth-order valence-electron chi connectivity index (χ4n) is 3.31. The van der Waals surface area contributed by atoms with Gasteiger partial charge < -0.3 is 5.11 Å². The molecule has 0 saturated heterocycles. The Balaban J connectivity index is 1.74. The number of nitrogens with zero attached hydrogens (tertiary/aromatic N) is 1. The van der Waals surface area contributed by atoms with Crippen molar-refractivity contribution in [2.75, 3.05) is 16.2 Å². The summed E-state index contributed by atoms with van der Waals surface area (Å²) in [6, 6.07) is 12.8. The van der Waals surface area contributed by atoms with Crippen LogP contribution >= 0.6 is 0 Å². The van der Waals surface area contributed by atoms with Crippen LogP contribution in [0.2, 0.25) is 0 Å². The van der Waals surface area contributed by atoms with E-state index in [0.717, 1.165) is 31.5 Å². The molecule has 0 unspecified atom stereocenters. The summed E-state index contributed by atoms with van der Waals surface area (Å²) in [5.41, 5.74) is 0.651. The molecule has 0 aliphatic heterocycles. The van der Waals surface area contributed by atoms with Gasteiger partial charge >= 0.3 is 0 Å². The molecule has 1 fully saturated rings. The van der Waals surface area contributed by atoms with E-state index < -0.39 is 10.0 Å². The number of aromatic nitrogens is 1. The number of aliphatic hydroxyl groups is 1. The number of H-pyrrole nitrogens is 1. The maximum Gasteiger partial charge on any atom is 0.272 e. The number of benzene rings is 1. The lowest BCUT2D eigenvalue weighted by Crippen LogP contribution is -2.33. The first-order chi connectivity index (χ1) is 12.5. The summed E-state index contributed by atoms with van der Waals surface area (Å²) in [7, 11) is -3.62. The van der Waals surface area contributed by atoms with Crippen molar-refractivity contribution in [2.24, 2.45) is 0 Å². The SMILES string of the molecule is CCN(c1ccccc1)S(=O)(=O)c1ccc(NC2CCC(O)CC2)[nH+]c1. The van der Waals surface area contributed by atoms with Crippen LogP contribution in [0.15, 0.2) is 53.6 Å². The van der Waals surface area contributed by atoms with E-state index in [2.05, 4.69) is 10.3 Å². The van der Waals surface area contributed by atoms with Crippen LogP contribution in [0.4, 0.5) is 11.5 Å². The Hall–Kier alpha value is -2.12. The second kappa shape index (κ2) is 8.05. The lowest BCUT2D eigenvalue weighted by Gasteiger charge is -2.23. The highest BCUT2D eigenvalue weighted by Gasteiger charge is 2.26. The van der Waals surface area contributed by atoms with Crippen LogP contribution in [0.5, 0.6) is 0 Å². The normalized spacial score (nSPS) is 20.5. The monoisotopic (exact) mass is 376 g/mol. The Labute approximate surface area is 154 Å². The molecule has 1 aliphatic rings. The fraction of sp³-hybridized carbons (Fsp3) is 0.421. The van der Waals surface area contributed by atoms with Gasteiger partial charge in [-0.05, 0) is 50.8 Å². The maximum absolute atomic E-state index is 13.0. The van der Waals surface area contributed by atoms with Crippen LogP contribution in [-0.2, 0) is 10.0 Å². The molecule has 0 amide bonds. The Kier molecular flexibility index (Phi) is 5.78. The van der Waals surface area contributed by atoms with Gasteiger partial charge in [-0.3, -0.25) is 9.62 Å². The highest BCUT2D eigenvalue weighted by atomic mass is 32.2. The molecule has 0 bridgehead atoms. The highest BCUT2D eigenvalue weighted by Crippen LogP contribution is 2.24. The van der Waals surface area contributed by atoms with E-state index in [0.29, 0.717) is 18.3 Å². The average molecular weight is 377 g/mol. The molecule has 3 N–H and O–H groups in total. The predicted molar refractivity (Wildman–Crippen MR) is 102 cm³/mol. The molecule has 1 aromatic carbocycles. The summed E-state index contributed by atoms with van der Waals surface area (Å²) < 4.78 is 27.3. The van der Waals surface area contributed by atoms with Crippen LogP contribution in [0.25, 0.3) is 0 Å². The van der Waals surface area contributed by atoms with Gasteiger partial charge in [-0.25, -0.2) is 13.4 Å². The third-order valence-corrected chi connectivity index (χ3v) is 6.66. The van der Waals surface area contributed by atoms with E-state index in [-0.39, 0.29) is 11.0 Å². The maximum atomic E-state index is 13.0. The van der Waals surface area contributed by atoms with Gasteiger partial charge in [0.05, 0.1) is 17.8 Å². The fourth-order valence-corrected chi connectivity index (χ4v) is 4.76. The van der Waals surface area contributed by atoms with Crippen LogP contribution in [0, 0.1) is 0 Å². The second-order valence-corrected chi connectivity index (χ2v) is 8.46. The summed E-state index contributed by atoms with van der Waals surface area (Å²) >= 11 is 0. The van der Waals surface area contributed by atoms with Crippen molar-refractivity contribution < 1.29 is 18.5 Å². The van der Waals surface area contributed by atoms with E-state index >= 15 is 0 Å². The molecular formula is C19H26N3O3S+. The number of pyridine rings is 1. The number of para-hydroxylation sites is 1. The Morgan fingerprint density at radius 1 is 1.12 bits per heavy atom. The topological polar surface area (TPSA) is 83.8 Å². The Bertz CT molecular complexity index is 802. The van der Waals surface area contributed by atoms with Crippen molar-refractivity contribution in [3.63, 3.8) is 0 Å². The molecule has 0 atom stereocenters. The lowest BCUT2D eigenvalue weighted by molar-refractivity contribution is -0.364. The molecule has 1 saturated carbocycles. The van der Waals surface area contributed by atoms with Crippen molar-refractivity contribution in [2.45, 2.75) is 49.6 Å². The lowest BCUT2D eigenvalue weighted by atomic mass is 9.93. The van der Waals surface area contributed by atoms with Gasteiger partial charge in [0.1, 0.15) is 11.1 Å². The van der Waals surface area contributed by atoms with E-state index in [1.807, 2.05) is 25.1 Å². The summed E-state index contributed by atoms with van der Waals surface area (Å²) in [6.07, 6.45) is 4.75. The minimum Gasteiger partial charge on any atom is -0.393 e. The van der Waals surface area contributed by atoms with Gasteiger partial charge in [-0.15, -0.1) is 0 Å². The molecule has 2 aromatic rings. The number of aliphatic hydroxyl groups excluding tert-OH is 1. The van der Waals surface area contributed by atoms with E-state index in [1.165, 1.54) is 10.5 Å². The Morgan fingerprint density at radius 2 is 1.81 bits per heavy atom. The number of rotatable bonds is 6. The molecule has 140 valence electrons. The van der Waals surface area contributed by atoms with Crippen molar-refractivity contribution in [1.82, 2.24) is 0 Å². The van der Waals surface area contributed by atoms with E-state index in [4.69, 9.17) is 0 Å². The van der Waals surface area contributed by atoms with Gasteiger partial charge in [0.2, 0.25) is 0 Å². The van der Waals surface area contributed by atoms with Crippen molar-refractivity contribution in [3.8, 4) is 0 Å². The summed E-state index contributed by atoms with van der Waals surface area (Å²) in [5, 5.41) is 13.0. The number of nitrogens with one attached hydrogen (secondary N) is 2. The zero-order valence-corrected chi connectivity index (χ0v) is 15.7. The molecule has 1 heterocycles. The van der Waals surface area contributed by atoms with E-state index in [9.17, 15) is 13.5 Å². The molecule has 1 aliphatic carbocycles. The third-order valence-electron chi connectivity index (χ3n) is 4.76. The van der Waals surface area contributed by atoms with Crippen LogP contribution in [0.3, 0.4) is 0 Å². The number of hydrogen-bond acceptors (Lipinski definition) is 4. The highest BCUT2D eigenvalue weighted by molar-refractivity contribution is 7.92. The van der Waals surface area contributed by atoms with Gasteiger partial charge in [0, 0.05) is 12.6 Å². The van der Waals surface area contributed by atoms with Gasteiger partial charge in [-0.1, -0.05) is 18.2 Å². The molecule has 7 heteroatoms. The number of hydrogen-bond donors (Lipinski definition) is 2. The minimum atomic E-state index is -3.62. The summed E-state index contributed by atoms with van der Waals surface area (Å²) in [6.45, 7) is 2.18. The molecule has 0 spiro atoms. The first-order valence-corrected chi connectivity index (χ1v) is 10.5. The zero-order valence-electron chi connectivity index (χ0n) is 14.9. The average Bonchev–Trinajstić information content (AvgIpc) is 2.65. The standard InChI is InChI=1S/C19H25N3O3S/c1-2-22(16-6-4-3-5-7-16)26(24,25)18-12-13-19(20-14-18)21-15-8-10-17(23)11-9-15/h3-7,12-15,17,23H,2,8-11H2,1H3,(H,20,21)/p+1. The molecular weight excluding hydrogens is 350 g/mol. The molecule has 3 rings (SSSR count). The largest absolute Gasteiger partial charge is 0.393 e. The van der Waals surface area contributed by atoms with Crippen LogP contribution < -0.4 is 14.6 Å². The number of sulfonamides is 1. The molecule has 1 aromatic heterocycles. The Morgan fingerprint density at radius 3 is 2.38 bits per heavy atom. The zero-order chi connectivity index (χ0) is 18.6. The van der Waals surface area contributed by atoms with Crippen molar-refractivity contribution in [3.05, 3.63) is 48.7 Å². The molecule has 26 heavy (non-hydrogen) atoms. The third kappa shape index (κ3) is 4.16. The smallest absolute Gasteiger partial charge is 0.272 e. The molecule has 6 nitrogen and oxygen atoms in total. The van der Waals surface area contributed by atoms with Gasteiger partial charge in [0.15, 0.2) is 0 Å². The van der Waals surface area contributed by atoms with E-state index in [1.54, 1.807) is 24.3 Å². The predicted octanol–water partition coefficient (Wildman–Crippen LogP) is 2.43. The minimum absolute atomic E-state index is 0.192. The van der Waals surface area contributed by atoms with Crippen molar-refractivity contribution >= 4 is 21.5 Å². The number of anilines is 2. The first-order valence-electron chi connectivity index (χ1n) is 9.05. The first kappa shape index (κ1) is 18.7. The quantitative estimate of drug-likeness (QED) is 0.811. The summed E-state index contributed by atoms with van der Waals surface area (Å²) in [4.78, 5) is 3.28. The van der Waals surface area contributed by atoms with Gasteiger partial charge in [-0.2, -0.15) is 0 Å². The van der Waals surface area contributed by atoms with Crippen molar-refractivity contribution in [1.29, 1.82) is 0 Å². The van der Waals surface area contributed by atoms with Crippen LogP contribution in [-0.4, -0.2) is 32.2 Å².